The maximum atomic E-state index is 13.0. The number of nitrogens with one attached hydrogen (secondary N) is 3. The highest BCUT2D eigenvalue weighted by atomic mass is 16.1. The third kappa shape index (κ3) is 5.21. The number of carbonyl (C=O) groups excluding carboxylic acids is 1. The molecule has 5 rings (SSSR count). The van der Waals surface area contributed by atoms with Crippen LogP contribution in [0.15, 0.2) is 65.6 Å². The number of aromatic amines is 1. The van der Waals surface area contributed by atoms with Gasteiger partial charge in [-0.2, -0.15) is 5.10 Å². The SMILES string of the molecule is Cc1c(NC(=O)c2ccc(C(C)(C)C)cc2)cccc1-c1cc(Nc2cc(C3CC3)[nH]n2)c(=O)n(C)c1. The molecule has 7 heteroatoms. The van der Waals surface area contributed by atoms with Crippen LogP contribution in [0.3, 0.4) is 0 Å². The molecule has 0 atom stereocenters. The van der Waals surface area contributed by atoms with E-state index < -0.39 is 0 Å². The lowest BCUT2D eigenvalue weighted by Crippen LogP contribution is -2.19. The average molecular weight is 496 g/mol. The van der Waals surface area contributed by atoms with E-state index in [1.54, 1.807) is 11.6 Å². The lowest BCUT2D eigenvalue weighted by atomic mass is 9.86. The summed E-state index contributed by atoms with van der Waals surface area (Å²) >= 11 is 0. The number of rotatable bonds is 6. The van der Waals surface area contributed by atoms with Crippen molar-refractivity contribution in [1.82, 2.24) is 14.8 Å². The summed E-state index contributed by atoms with van der Waals surface area (Å²) in [7, 11) is 1.74. The molecule has 0 saturated heterocycles. The van der Waals surface area contributed by atoms with Crippen molar-refractivity contribution in [2.24, 2.45) is 7.05 Å². The molecule has 1 aliphatic carbocycles. The van der Waals surface area contributed by atoms with Crippen LogP contribution in [0.4, 0.5) is 17.2 Å². The molecular formula is C30H33N5O2. The molecule has 2 aromatic carbocycles. The summed E-state index contributed by atoms with van der Waals surface area (Å²) in [5, 5.41) is 13.6. The van der Waals surface area contributed by atoms with Gasteiger partial charge in [0, 0.05) is 47.7 Å². The molecule has 0 aliphatic heterocycles. The van der Waals surface area contributed by atoms with Gasteiger partial charge in [-0.1, -0.05) is 45.0 Å². The molecule has 0 unspecified atom stereocenters. The van der Waals surface area contributed by atoms with Gasteiger partial charge in [0.2, 0.25) is 0 Å². The highest BCUT2D eigenvalue weighted by molar-refractivity contribution is 6.05. The van der Waals surface area contributed by atoms with Crippen LogP contribution in [0, 0.1) is 6.92 Å². The maximum Gasteiger partial charge on any atom is 0.274 e. The van der Waals surface area contributed by atoms with Crippen LogP contribution < -0.4 is 16.2 Å². The first-order valence-corrected chi connectivity index (χ1v) is 12.6. The smallest absolute Gasteiger partial charge is 0.274 e. The Hall–Kier alpha value is -4.13. The average Bonchev–Trinajstić information content (AvgIpc) is 3.61. The number of H-pyrrole nitrogens is 1. The molecule has 2 aromatic heterocycles. The first-order chi connectivity index (χ1) is 17.6. The second kappa shape index (κ2) is 9.39. The number of benzene rings is 2. The zero-order valence-corrected chi connectivity index (χ0v) is 22.0. The summed E-state index contributed by atoms with van der Waals surface area (Å²) in [4.78, 5) is 25.9. The van der Waals surface area contributed by atoms with Crippen molar-refractivity contribution in [3.8, 4) is 11.1 Å². The fourth-order valence-corrected chi connectivity index (χ4v) is 4.49. The summed E-state index contributed by atoms with van der Waals surface area (Å²) in [6.07, 6.45) is 4.16. The van der Waals surface area contributed by atoms with E-state index >= 15 is 0 Å². The van der Waals surface area contributed by atoms with Gasteiger partial charge in [0.1, 0.15) is 5.69 Å². The van der Waals surface area contributed by atoms with Gasteiger partial charge in [-0.25, -0.2) is 0 Å². The van der Waals surface area contributed by atoms with Crippen LogP contribution in [0.2, 0.25) is 0 Å². The van der Waals surface area contributed by atoms with Crippen LogP contribution in [-0.2, 0) is 12.5 Å². The van der Waals surface area contributed by atoms with Crippen molar-refractivity contribution in [2.75, 3.05) is 10.6 Å². The third-order valence-electron chi connectivity index (χ3n) is 6.97. The number of aromatic nitrogens is 3. The van der Waals surface area contributed by atoms with Gasteiger partial charge < -0.3 is 15.2 Å². The van der Waals surface area contributed by atoms with Crippen molar-refractivity contribution in [2.45, 2.75) is 51.9 Å². The molecule has 2 heterocycles. The molecule has 37 heavy (non-hydrogen) atoms. The molecule has 0 bridgehead atoms. The minimum atomic E-state index is -0.159. The first kappa shape index (κ1) is 24.6. The Balaban J connectivity index is 1.40. The highest BCUT2D eigenvalue weighted by Gasteiger charge is 2.25. The predicted octanol–water partition coefficient (Wildman–Crippen LogP) is 6.25. The first-order valence-electron chi connectivity index (χ1n) is 12.6. The van der Waals surface area contributed by atoms with E-state index in [4.69, 9.17) is 0 Å². The molecule has 7 nitrogen and oxygen atoms in total. The zero-order valence-electron chi connectivity index (χ0n) is 22.0. The Labute approximate surface area is 216 Å². The molecule has 1 saturated carbocycles. The predicted molar refractivity (Wildman–Crippen MR) is 149 cm³/mol. The van der Waals surface area contributed by atoms with Crippen LogP contribution in [0.5, 0.6) is 0 Å². The van der Waals surface area contributed by atoms with Gasteiger partial charge in [-0.3, -0.25) is 14.7 Å². The molecular weight excluding hydrogens is 462 g/mol. The Morgan fingerprint density at radius 3 is 2.46 bits per heavy atom. The number of amides is 1. The van der Waals surface area contributed by atoms with Crippen molar-refractivity contribution in [3.63, 3.8) is 0 Å². The topological polar surface area (TPSA) is 91.8 Å². The fourth-order valence-electron chi connectivity index (χ4n) is 4.49. The molecule has 1 fully saturated rings. The number of hydrogen-bond donors (Lipinski definition) is 3. The molecule has 1 aliphatic rings. The molecule has 0 spiro atoms. The van der Waals surface area contributed by atoms with E-state index in [-0.39, 0.29) is 16.9 Å². The number of nitrogens with zero attached hydrogens (tertiary/aromatic N) is 2. The van der Waals surface area contributed by atoms with E-state index in [0.717, 1.165) is 28.1 Å². The van der Waals surface area contributed by atoms with Gasteiger partial charge in [0.05, 0.1) is 0 Å². The summed E-state index contributed by atoms with van der Waals surface area (Å²) in [6.45, 7) is 8.42. The van der Waals surface area contributed by atoms with E-state index in [0.29, 0.717) is 23.0 Å². The van der Waals surface area contributed by atoms with Crippen LogP contribution in [0.25, 0.3) is 11.1 Å². The van der Waals surface area contributed by atoms with Crippen LogP contribution >= 0.6 is 0 Å². The Kier molecular flexibility index (Phi) is 6.23. The molecule has 190 valence electrons. The highest BCUT2D eigenvalue weighted by Crippen LogP contribution is 2.39. The van der Waals surface area contributed by atoms with Crippen molar-refractivity contribution in [1.29, 1.82) is 0 Å². The van der Waals surface area contributed by atoms with Crippen LogP contribution in [-0.4, -0.2) is 20.7 Å². The van der Waals surface area contributed by atoms with Crippen molar-refractivity contribution in [3.05, 3.63) is 93.5 Å². The Morgan fingerprint density at radius 1 is 1.05 bits per heavy atom. The summed E-state index contributed by atoms with van der Waals surface area (Å²) in [5.74, 6) is 1.02. The molecule has 3 N–H and O–H groups in total. The molecule has 4 aromatic rings. The third-order valence-corrected chi connectivity index (χ3v) is 6.97. The van der Waals surface area contributed by atoms with Gasteiger partial charge in [-0.05, 0) is 66.1 Å². The lowest BCUT2D eigenvalue weighted by Gasteiger charge is -2.19. The summed E-state index contributed by atoms with van der Waals surface area (Å²) in [6, 6.07) is 17.3. The number of pyridine rings is 1. The van der Waals surface area contributed by atoms with Gasteiger partial charge in [-0.15, -0.1) is 0 Å². The lowest BCUT2D eigenvalue weighted by molar-refractivity contribution is 0.102. The molecule has 0 radical (unpaired) electrons. The fraction of sp³-hybridized carbons (Fsp3) is 0.300. The van der Waals surface area contributed by atoms with E-state index in [2.05, 4.69) is 41.6 Å². The Morgan fingerprint density at radius 2 is 1.78 bits per heavy atom. The normalized spacial score (nSPS) is 13.4. The number of hydrogen-bond acceptors (Lipinski definition) is 4. The minimum Gasteiger partial charge on any atom is -0.334 e. The van der Waals surface area contributed by atoms with E-state index in [1.165, 1.54) is 18.4 Å². The second-order valence-corrected chi connectivity index (χ2v) is 10.9. The number of aryl methyl sites for hydroxylation is 1. The Bertz CT molecular complexity index is 1520. The van der Waals surface area contributed by atoms with Gasteiger partial charge in [0.25, 0.3) is 11.5 Å². The van der Waals surface area contributed by atoms with Crippen LogP contribution in [0.1, 0.15) is 66.7 Å². The summed E-state index contributed by atoms with van der Waals surface area (Å²) in [5.41, 5.74) is 6.67. The summed E-state index contributed by atoms with van der Waals surface area (Å²) < 4.78 is 1.56. The van der Waals surface area contributed by atoms with E-state index in [9.17, 15) is 9.59 Å². The molecule has 1 amide bonds. The van der Waals surface area contributed by atoms with Crippen molar-refractivity contribution < 1.29 is 4.79 Å². The standard InChI is InChI=1S/C30H33N5O2/c1-18-23(7-6-8-24(18)32-28(36)20-11-13-22(14-12-20)30(2,3)4)21-15-26(29(37)35(5)17-21)31-27-16-25(33-34-27)19-9-10-19/h6-8,11-17,19H,9-10H2,1-5H3,(H,32,36)(H2,31,33,34). The maximum absolute atomic E-state index is 13.0. The van der Waals surface area contributed by atoms with E-state index in [1.807, 2.05) is 67.7 Å². The monoisotopic (exact) mass is 495 g/mol. The zero-order chi connectivity index (χ0) is 26.3. The number of anilines is 3. The quantitative estimate of drug-likeness (QED) is 0.295. The minimum absolute atomic E-state index is 0.0279. The second-order valence-electron chi connectivity index (χ2n) is 10.9. The largest absolute Gasteiger partial charge is 0.334 e. The van der Waals surface area contributed by atoms with Gasteiger partial charge in [0.15, 0.2) is 5.82 Å². The van der Waals surface area contributed by atoms with Gasteiger partial charge >= 0.3 is 0 Å². The van der Waals surface area contributed by atoms with Crippen molar-refractivity contribution >= 4 is 23.1 Å². The number of carbonyl (C=O) groups is 1.